The molecular formula is C6H11NO5S. The molecule has 0 atom stereocenters. The van der Waals surface area contributed by atoms with Gasteiger partial charge in [0.15, 0.2) is 0 Å². The van der Waals surface area contributed by atoms with Crippen LogP contribution in [0.2, 0.25) is 0 Å². The number of sulfonamides is 1. The van der Waals surface area contributed by atoms with Gasteiger partial charge >= 0.3 is 5.97 Å². The number of ether oxygens (including phenoxy) is 2. The lowest BCUT2D eigenvalue weighted by atomic mass is 9.89. The predicted molar refractivity (Wildman–Crippen MR) is 43.2 cm³/mol. The fourth-order valence-corrected chi connectivity index (χ4v) is 2.26. The predicted octanol–water partition coefficient (Wildman–Crippen LogP) is -1.54. The molecule has 13 heavy (non-hydrogen) atoms. The van der Waals surface area contributed by atoms with Crippen LogP contribution in [0.4, 0.5) is 0 Å². The molecule has 0 saturated carbocycles. The normalized spacial score (nSPS) is 20.5. The summed E-state index contributed by atoms with van der Waals surface area (Å²) in [5, 5.41) is 4.83. The third kappa shape index (κ3) is 2.17. The first-order chi connectivity index (χ1) is 5.90. The number of carbonyl (C=O) groups excluding carboxylic acids is 1. The van der Waals surface area contributed by atoms with E-state index in [1.165, 1.54) is 7.11 Å². The second-order valence-corrected chi connectivity index (χ2v) is 4.69. The maximum Gasteiger partial charge on any atom is 0.317 e. The van der Waals surface area contributed by atoms with Crippen LogP contribution in [-0.2, 0) is 24.3 Å². The molecule has 1 rings (SSSR count). The minimum Gasteiger partial charge on any atom is -0.468 e. The zero-order valence-corrected chi connectivity index (χ0v) is 7.96. The fraction of sp³-hybridized carbons (Fsp3) is 0.833. The Hall–Kier alpha value is -0.660. The molecule has 1 aliphatic rings. The number of hydrogen-bond acceptors (Lipinski definition) is 5. The van der Waals surface area contributed by atoms with Gasteiger partial charge in [0, 0.05) is 0 Å². The summed E-state index contributed by atoms with van der Waals surface area (Å²) in [6, 6.07) is 0. The van der Waals surface area contributed by atoms with E-state index in [1.807, 2.05) is 0 Å². The highest BCUT2D eigenvalue weighted by Crippen LogP contribution is 2.30. The molecule has 1 aliphatic heterocycles. The van der Waals surface area contributed by atoms with Crippen molar-refractivity contribution in [2.24, 2.45) is 10.6 Å². The summed E-state index contributed by atoms with van der Waals surface area (Å²) in [6.45, 7) is 0.103. The molecule has 0 aromatic heterocycles. The van der Waals surface area contributed by atoms with Crippen LogP contribution < -0.4 is 5.14 Å². The number of rotatable bonds is 3. The Morgan fingerprint density at radius 1 is 1.62 bits per heavy atom. The van der Waals surface area contributed by atoms with Gasteiger partial charge in [0.25, 0.3) is 0 Å². The highest BCUT2D eigenvalue weighted by Gasteiger charge is 2.49. The number of hydrogen-bond donors (Lipinski definition) is 1. The number of primary sulfonamides is 1. The molecule has 6 nitrogen and oxygen atoms in total. The van der Waals surface area contributed by atoms with Crippen LogP contribution in [-0.4, -0.2) is 40.5 Å². The van der Waals surface area contributed by atoms with Gasteiger partial charge in [-0.15, -0.1) is 0 Å². The maximum atomic E-state index is 11.2. The lowest BCUT2D eigenvalue weighted by molar-refractivity contribution is -0.178. The van der Waals surface area contributed by atoms with Gasteiger partial charge in [-0.2, -0.15) is 0 Å². The maximum absolute atomic E-state index is 11.2. The summed E-state index contributed by atoms with van der Waals surface area (Å²) >= 11 is 0. The average molecular weight is 209 g/mol. The molecular weight excluding hydrogens is 198 g/mol. The summed E-state index contributed by atoms with van der Waals surface area (Å²) in [5.74, 6) is -1.01. The minimum atomic E-state index is -3.68. The van der Waals surface area contributed by atoms with Gasteiger partial charge in [0.05, 0.1) is 26.1 Å². The van der Waals surface area contributed by atoms with E-state index in [1.54, 1.807) is 0 Å². The molecule has 0 aliphatic carbocycles. The van der Waals surface area contributed by atoms with Gasteiger partial charge in [-0.05, 0) is 0 Å². The van der Waals surface area contributed by atoms with Gasteiger partial charge in [-0.3, -0.25) is 4.79 Å². The molecule has 1 heterocycles. The van der Waals surface area contributed by atoms with Crippen LogP contribution in [0.3, 0.4) is 0 Å². The van der Waals surface area contributed by atoms with Gasteiger partial charge in [-0.1, -0.05) is 0 Å². The topological polar surface area (TPSA) is 95.7 Å². The van der Waals surface area contributed by atoms with E-state index in [4.69, 9.17) is 9.88 Å². The van der Waals surface area contributed by atoms with E-state index in [0.29, 0.717) is 0 Å². The van der Waals surface area contributed by atoms with Crippen molar-refractivity contribution in [3.8, 4) is 0 Å². The summed E-state index contributed by atoms with van der Waals surface area (Å²) in [6.07, 6.45) is 0. The summed E-state index contributed by atoms with van der Waals surface area (Å²) in [4.78, 5) is 11.2. The Morgan fingerprint density at radius 3 is 2.38 bits per heavy atom. The van der Waals surface area contributed by atoms with Crippen molar-refractivity contribution in [2.75, 3.05) is 26.1 Å². The molecule has 1 saturated heterocycles. The first kappa shape index (κ1) is 10.4. The highest BCUT2D eigenvalue weighted by molar-refractivity contribution is 7.89. The van der Waals surface area contributed by atoms with Gasteiger partial charge < -0.3 is 9.47 Å². The molecule has 0 unspecified atom stereocenters. The smallest absolute Gasteiger partial charge is 0.317 e. The molecule has 0 radical (unpaired) electrons. The van der Waals surface area contributed by atoms with Crippen LogP contribution in [0.25, 0.3) is 0 Å². The second kappa shape index (κ2) is 3.24. The quantitative estimate of drug-likeness (QED) is 0.568. The standard InChI is InChI=1S/C6H11NO5S/c1-11-5(8)6(2-12-3-6)4-13(7,9)10/h2-4H2,1H3,(H2,7,9,10). The minimum absolute atomic E-state index is 0.0517. The first-order valence-electron chi connectivity index (χ1n) is 3.56. The molecule has 2 N–H and O–H groups in total. The Balaban J connectivity index is 2.77. The molecule has 1 fully saturated rings. The van der Waals surface area contributed by atoms with Gasteiger partial charge in [-0.25, -0.2) is 13.6 Å². The van der Waals surface area contributed by atoms with Crippen molar-refractivity contribution in [3.63, 3.8) is 0 Å². The molecule has 7 heteroatoms. The van der Waals surface area contributed by atoms with Crippen molar-refractivity contribution < 1.29 is 22.7 Å². The van der Waals surface area contributed by atoms with E-state index in [0.717, 1.165) is 0 Å². The van der Waals surface area contributed by atoms with Crippen LogP contribution in [0.1, 0.15) is 0 Å². The summed E-state index contributed by atoms with van der Waals surface area (Å²) in [5.41, 5.74) is -1.08. The fourth-order valence-electron chi connectivity index (χ4n) is 1.21. The van der Waals surface area contributed by atoms with Crippen LogP contribution >= 0.6 is 0 Å². The van der Waals surface area contributed by atoms with E-state index in [9.17, 15) is 13.2 Å². The Labute approximate surface area is 76.0 Å². The SMILES string of the molecule is COC(=O)C1(CS(N)(=O)=O)COC1. The Kier molecular flexibility index (Phi) is 2.60. The van der Waals surface area contributed by atoms with E-state index in [-0.39, 0.29) is 13.2 Å². The van der Waals surface area contributed by atoms with Crippen LogP contribution in [0.15, 0.2) is 0 Å². The zero-order chi connectivity index (χ0) is 10.1. The molecule has 0 spiro atoms. The third-order valence-electron chi connectivity index (χ3n) is 1.85. The molecule has 0 amide bonds. The Morgan fingerprint density at radius 2 is 2.15 bits per heavy atom. The van der Waals surface area contributed by atoms with Crippen LogP contribution in [0, 0.1) is 5.41 Å². The number of methoxy groups -OCH3 is 1. The van der Waals surface area contributed by atoms with E-state index < -0.39 is 27.2 Å². The second-order valence-electron chi connectivity index (χ2n) is 3.07. The monoisotopic (exact) mass is 209 g/mol. The molecule has 0 aromatic rings. The van der Waals surface area contributed by atoms with Crippen molar-refractivity contribution in [1.82, 2.24) is 0 Å². The zero-order valence-electron chi connectivity index (χ0n) is 7.15. The van der Waals surface area contributed by atoms with Gasteiger partial charge in [0.2, 0.25) is 10.0 Å². The summed E-state index contributed by atoms with van der Waals surface area (Å²) in [7, 11) is -2.48. The molecule has 0 bridgehead atoms. The van der Waals surface area contributed by atoms with Crippen molar-refractivity contribution >= 4 is 16.0 Å². The lowest BCUT2D eigenvalue weighted by Gasteiger charge is -2.37. The Bertz CT molecular complexity index is 305. The largest absolute Gasteiger partial charge is 0.468 e. The van der Waals surface area contributed by atoms with E-state index in [2.05, 4.69) is 4.74 Å². The van der Waals surface area contributed by atoms with Crippen molar-refractivity contribution in [3.05, 3.63) is 0 Å². The number of nitrogens with two attached hydrogens (primary N) is 1. The molecule has 76 valence electrons. The van der Waals surface area contributed by atoms with Crippen molar-refractivity contribution in [2.45, 2.75) is 0 Å². The van der Waals surface area contributed by atoms with E-state index >= 15 is 0 Å². The van der Waals surface area contributed by atoms with Crippen LogP contribution in [0.5, 0.6) is 0 Å². The number of esters is 1. The van der Waals surface area contributed by atoms with Crippen molar-refractivity contribution in [1.29, 1.82) is 0 Å². The number of carbonyl (C=O) groups is 1. The highest BCUT2D eigenvalue weighted by atomic mass is 32.2. The third-order valence-corrected chi connectivity index (χ3v) is 2.81. The average Bonchev–Trinajstić information content (AvgIpc) is 1.93. The van der Waals surface area contributed by atoms with Gasteiger partial charge in [0.1, 0.15) is 5.41 Å². The summed E-state index contributed by atoms with van der Waals surface area (Å²) < 4.78 is 30.8. The first-order valence-corrected chi connectivity index (χ1v) is 5.28. The lowest BCUT2D eigenvalue weighted by Crippen LogP contribution is -2.54. The molecule has 0 aromatic carbocycles.